The summed E-state index contributed by atoms with van der Waals surface area (Å²) in [7, 11) is 0. The number of aryl methyl sites for hydroxylation is 2. The predicted molar refractivity (Wildman–Crippen MR) is 96.0 cm³/mol. The highest BCUT2D eigenvalue weighted by Crippen LogP contribution is 2.27. The van der Waals surface area contributed by atoms with Crippen molar-refractivity contribution in [2.75, 3.05) is 36.8 Å². The number of nitrogen functional groups attached to an aromatic ring is 1. The molecule has 0 unspecified atom stereocenters. The van der Waals surface area contributed by atoms with Gasteiger partial charge in [0.2, 0.25) is 0 Å². The van der Waals surface area contributed by atoms with Crippen LogP contribution in [0.4, 0.5) is 11.4 Å². The molecule has 0 bridgehead atoms. The molecule has 6 heteroatoms. The molecule has 2 heterocycles. The fourth-order valence-corrected chi connectivity index (χ4v) is 3.26. The fourth-order valence-electron chi connectivity index (χ4n) is 3.08. The largest absolute Gasteiger partial charge is 0.397 e. The quantitative estimate of drug-likeness (QED) is 0.874. The van der Waals surface area contributed by atoms with Crippen molar-refractivity contribution in [3.05, 3.63) is 40.7 Å². The summed E-state index contributed by atoms with van der Waals surface area (Å²) in [6, 6.07) is 5.75. The van der Waals surface area contributed by atoms with Gasteiger partial charge < -0.3 is 10.6 Å². The van der Waals surface area contributed by atoms with E-state index in [0.29, 0.717) is 5.02 Å². The average molecular weight is 334 g/mol. The van der Waals surface area contributed by atoms with Crippen LogP contribution in [0.15, 0.2) is 24.4 Å². The van der Waals surface area contributed by atoms with Gasteiger partial charge >= 0.3 is 0 Å². The van der Waals surface area contributed by atoms with Crippen LogP contribution < -0.4 is 10.6 Å². The number of hydrogen-bond donors (Lipinski definition) is 1. The summed E-state index contributed by atoms with van der Waals surface area (Å²) in [5.74, 6) is 0. The summed E-state index contributed by atoms with van der Waals surface area (Å²) in [4.78, 5) is 4.82. The first kappa shape index (κ1) is 16.1. The van der Waals surface area contributed by atoms with E-state index in [-0.39, 0.29) is 0 Å². The zero-order chi connectivity index (χ0) is 16.4. The topological polar surface area (TPSA) is 50.3 Å². The van der Waals surface area contributed by atoms with Crippen LogP contribution in [0.1, 0.15) is 18.2 Å². The summed E-state index contributed by atoms with van der Waals surface area (Å²) in [6.07, 6.45) is 2.17. The van der Waals surface area contributed by atoms with E-state index in [2.05, 4.69) is 34.9 Å². The SMILES string of the molecule is CCn1cc(CN2CCN(c3ccc(Cl)cc3N)CC2)c(C)n1. The van der Waals surface area contributed by atoms with E-state index in [1.54, 1.807) is 0 Å². The second-order valence-electron chi connectivity index (χ2n) is 6.06. The lowest BCUT2D eigenvalue weighted by Crippen LogP contribution is -2.46. The molecule has 1 aromatic heterocycles. The first-order valence-electron chi connectivity index (χ1n) is 8.12. The van der Waals surface area contributed by atoms with Crippen LogP contribution in [0.3, 0.4) is 0 Å². The number of benzene rings is 1. The van der Waals surface area contributed by atoms with E-state index in [1.807, 2.05) is 22.9 Å². The minimum Gasteiger partial charge on any atom is -0.397 e. The third-order valence-corrected chi connectivity index (χ3v) is 4.70. The number of nitrogens with zero attached hydrogens (tertiary/aromatic N) is 4. The smallest absolute Gasteiger partial charge is 0.0638 e. The van der Waals surface area contributed by atoms with Crippen molar-refractivity contribution in [3.63, 3.8) is 0 Å². The minimum absolute atomic E-state index is 0.688. The molecule has 0 spiro atoms. The van der Waals surface area contributed by atoms with Gasteiger partial charge in [0.1, 0.15) is 0 Å². The molecule has 0 saturated carbocycles. The fraction of sp³-hybridized carbons (Fsp3) is 0.471. The number of nitrogens with two attached hydrogens (primary N) is 1. The van der Waals surface area contributed by atoms with E-state index in [9.17, 15) is 0 Å². The first-order valence-corrected chi connectivity index (χ1v) is 8.50. The van der Waals surface area contributed by atoms with Crippen LogP contribution in [0.25, 0.3) is 0 Å². The first-order chi connectivity index (χ1) is 11.1. The third kappa shape index (κ3) is 3.62. The van der Waals surface area contributed by atoms with Crippen LogP contribution in [0.2, 0.25) is 5.02 Å². The van der Waals surface area contributed by atoms with Crippen LogP contribution in [0, 0.1) is 6.92 Å². The van der Waals surface area contributed by atoms with Gasteiger partial charge in [0.05, 0.1) is 17.1 Å². The Hall–Kier alpha value is -1.72. The van der Waals surface area contributed by atoms with Gasteiger partial charge in [-0.2, -0.15) is 5.10 Å². The average Bonchev–Trinajstić information content (AvgIpc) is 2.89. The molecule has 1 aliphatic rings. The standard InChI is InChI=1S/C17H24ClN5/c1-3-23-12-14(13(2)20-23)11-21-6-8-22(9-7-21)17-5-4-15(18)10-16(17)19/h4-5,10,12H,3,6-9,11,19H2,1-2H3. The number of piperazine rings is 1. The summed E-state index contributed by atoms with van der Waals surface area (Å²) >= 11 is 5.98. The molecule has 5 nitrogen and oxygen atoms in total. The van der Waals surface area contributed by atoms with Crippen molar-refractivity contribution in [1.29, 1.82) is 0 Å². The van der Waals surface area contributed by atoms with Crippen molar-refractivity contribution in [2.45, 2.75) is 26.9 Å². The maximum atomic E-state index is 6.10. The summed E-state index contributed by atoms with van der Waals surface area (Å²) in [5.41, 5.74) is 10.4. The number of anilines is 2. The number of hydrogen-bond acceptors (Lipinski definition) is 4. The Balaban J connectivity index is 1.60. The Labute approximate surface area is 142 Å². The molecule has 0 atom stereocenters. The molecule has 0 aliphatic carbocycles. The second kappa shape index (κ2) is 6.81. The lowest BCUT2D eigenvalue weighted by molar-refractivity contribution is 0.249. The molecule has 1 aliphatic heterocycles. The van der Waals surface area contributed by atoms with Gasteiger partial charge in [-0.05, 0) is 32.0 Å². The lowest BCUT2D eigenvalue weighted by atomic mass is 10.2. The number of rotatable bonds is 4. The van der Waals surface area contributed by atoms with E-state index >= 15 is 0 Å². The maximum Gasteiger partial charge on any atom is 0.0638 e. The van der Waals surface area contributed by atoms with Gasteiger partial charge in [-0.15, -0.1) is 0 Å². The van der Waals surface area contributed by atoms with Crippen molar-refractivity contribution in [2.24, 2.45) is 0 Å². The van der Waals surface area contributed by atoms with E-state index in [0.717, 1.165) is 56.3 Å². The zero-order valence-corrected chi connectivity index (χ0v) is 14.6. The molecule has 3 rings (SSSR count). The molecule has 124 valence electrons. The highest BCUT2D eigenvalue weighted by Gasteiger charge is 2.20. The van der Waals surface area contributed by atoms with Crippen LogP contribution in [0.5, 0.6) is 0 Å². The van der Waals surface area contributed by atoms with Gasteiger partial charge in [0.25, 0.3) is 0 Å². The Bertz CT molecular complexity index is 674. The highest BCUT2D eigenvalue weighted by atomic mass is 35.5. The van der Waals surface area contributed by atoms with Crippen molar-refractivity contribution >= 4 is 23.0 Å². The Morgan fingerprint density at radius 2 is 1.96 bits per heavy atom. The van der Waals surface area contributed by atoms with Crippen LogP contribution in [-0.4, -0.2) is 40.9 Å². The van der Waals surface area contributed by atoms with Crippen LogP contribution >= 0.6 is 11.6 Å². The van der Waals surface area contributed by atoms with Crippen molar-refractivity contribution in [3.8, 4) is 0 Å². The molecule has 1 fully saturated rings. The van der Waals surface area contributed by atoms with Crippen molar-refractivity contribution < 1.29 is 0 Å². The zero-order valence-electron chi connectivity index (χ0n) is 13.8. The number of aromatic nitrogens is 2. The normalized spacial score (nSPS) is 16.0. The van der Waals surface area contributed by atoms with Crippen molar-refractivity contribution in [1.82, 2.24) is 14.7 Å². The van der Waals surface area contributed by atoms with Gasteiger partial charge in [-0.25, -0.2) is 0 Å². The maximum absolute atomic E-state index is 6.10. The molecule has 23 heavy (non-hydrogen) atoms. The van der Waals surface area contributed by atoms with E-state index in [1.165, 1.54) is 5.56 Å². The van der Waals surface area contributed by atoms with Gasteiger partial charge in [-0.3, -0.25) is 9.58 Å². The summed E-state index contributed by atoms with van der Waals surface area (Å²) < 4.78 is 2.01. The molecule has 0 amide bonds. The lowest BCUT2D eigenvalue weighted by Gasteiger charge is -2.36. The Morgan fingerprint density at radius 1 is 1.22 bits per heavy atom. The van der Waals surface area contributed by atoms with Gasteiger partial charge in [0.15, 0.2) is 0 Å². The monoisotopic (exact) mass is 333 g/mol. The summed E-state index contributed by atoms with van der Waals surface area (Å²) in [6.45, 7) is 10.1. The molecule has 2 N–H and O–H groups in total. The summed E-state index contributed by atoms with van der Waals surface area (Å²) in [5, 5.41) is 5.22. The molecular formula is C17H24ClN5. The van der Waals surface area contributed by atoms with E-state index < -0.39 is 0 Å². The highest BCUT2D eigenvalue weighted by molar-refractivity contribution is 6.31. The molecular weight excluding hydrogens is 310 g/mol. The van der Waals surface area contributed by atoms with E-state index in [4.69, 9.17) is 17.3 Å². The van der Waals surface area contributed by atoms with Gasteiger partial charge in [0, 0.05) is 56.1 Å². The Morgan fingerprint density at radius 3 is 2.57 bits per heavy atom. The second-order valence-corrected chi connectivity index (χ2v) is 6.50. The van der Waals surface area contributed by atoms with Crippen LogP contribution in [-0.2, 0) is 13.1 Å². The number of halogens is 1. The molecule has 0 radical (unpaired) electrons. The minimum atomic E-state index is 0.688. The molecule has 1 aromatic carbocycles. The van der Waals surface area contributed by atoms with Gasteiger partial charge in [-0.1, -0.05) is 11.6 Å². The molecule has 1 saturated heterocycles. The Kier molecular flexibility index (Phi) is 4.78. The third-order valence-electron chi connectivity index (χ3n) is 4.47. The molecule has 2 aromatic rings. The predicted octanol–water partition coefficient (Wildman–Crippen LogP) is 2.77.